The Kier molecular flexibility index (Phi) is 7.63. The Morgan fingerprint density at radius 2 is 1.64 bits per heavy atom. The zero-order chi connectivity index (χ0) is 19.6. The quantitative estimate of drug-likeness (QED) is 0.682. The smallest absolute Gasteiger partial charge is 0.286 e. The molecule has 2 N–H and O–H groups in total. The Hall–Kier alpha value is -2.64. The number of nitrogens with one attached hydrogen (secondary N) is 2. The molecule has 28 heavy (non-hydrogen) atoms. The van der Waals surface area contributed by atoms with Crippen LogP contribution in [0.15, 0.2) is 53.1 Å². The number of rotatable bonds is 9. The number of piperazine rings is 1. The van der Waals surface area contributed by atoms with Crippen LogP contribution in [-0.4, -0.2) is 67.4 Å². The van der Waals surface area contributed by atoms with E-state index >= 15 is 0 Å². The molecule has 2 aromatic rings. The van der Waals surface area contributed by atoms with Gasteiger partial charge in [-0.25, -0.2) is 0 Å². The molecule has 1 saturated heterocycles. The summed E-state index contributed by atoms with van der Waals surface area (Å²) in [6.07, 6.45) is 1.71. The number of carbonyl (C=O) groups is 2. The van der Waals surface area contributed by atoms with Crippen molar-refractivity contribution in [1.82, 2.24) is 20.4 Å². The van der Waals surface area contributed by atoms with Crippen LogP contribution in [0.3, 0.4) is 0 Å². The van der Waals surface area contributed by atoms with E-state index in [1.807, 2.05) is 6.07 Å². The molecule has 150 valence electrons. The largest absolute Gasteiger partial charge is 0.459 e. The van der Waals surface area contributed by atoms with Gasteiger partial charge in [-0.05, 0) is 17.7 Å². The van der Waals surface area contributed by atoms with Gasteiger partial charge in [0, 0.05) is 58.8 Å². The predicted octanol–water partition coefficient (Wildman–Crippen LogP) is 1.33. The van der Waals surface area contributed by atoms with Crippen molar-refractivity contribution in [3.8, 4) is 0 Å². The number of furan rings is 1. The standard InChI is InChI=1S/C21H28N4O3/c26-20(8-9-23-21(27)19-7-4-16-28-19)22-10-11-24-12-14-25(15-13-24)17-18-5-2-1-3-6-18/h1-7,16H,8-15,17H2,(H,22,26)(H,23,27). The maximum absolute atomic E-state index is 11.9. The number of benzene rings is 1. The monoisotopic (exact) mass is 384 g/mol. The fourth-order valence-corrected chi connectivity index (χ4v) is 3.24. The molecule has 0 saturated carbocycles. The summed E-state index contributed by atoms with van der Waals surface area (Å²) in [6, 6.07) is 13.8. The molecule has 0 aliphatic carbocycles. The molecule has 0 radical (unpaired) electrons. The molecule has 1 aromatic heterocycles. The van der Waals surface area contributed by atoms with Crippen LogP contribution in [0.25, 0.3) is 0 Å². The van der Waals surface area contributed by atoms with E-state index in [0.29, 0.717) is 13.1 Å². The molecular weight excluding hydrogens is 356 g/mol. The second-order valence-corrected chi connectivity index (χ2v) is 6.94. The van der Waals surface area contributed by atoms with E-state index in [-0.39, 0.29) is 24.0 Å². The summed E-state index contributed by atoms with van der Waals surface area (Å²) in [7, 11) is 0. The lowest BCUT2D eigenvalue weighted by Gasteiger charge is -2.34. The number of nitrogens with zero attached hydrogens (tertiary/aromatic N) is 2. The Morgan fingerprint density at radius 1 is 0.893 bits per heavy atom. The summed E-state index contributed by atoms with van der Waals surface area (Å²) < 4.78 is 5.00. The molecule has 0 unspecified atom stereocenters. The van der Waals surface area contributed by atoms with Crippen molar-refractivity contribution in [2.24, 2.45) is 0 Å². The van der Waals surface area contributed by atoms with Crippen LogP contribution in [0.4, 0.5) is 0 Å². The van der Waals surface area contributed by atoms with E-state index in [9.17, 15) is 9.59 Å². The van der Waals surface area contributed by atoms with Gasteiger partial charge in [0.2, 0.25) is 5.91 Å². The van der Waals surface area contributed by atoms with Crippen molar-refractivity contribution in [2.45, 2.75) is 13.0 Å². The number of hydrogen-bond acceptors (Lipinski definition) is 5. The zero-order valence-corrected chi connectivity index (χ0v) is 16.1. The first-order valence-electron chi connectivity index (χ1n) is 9.78. The fraction of sp³-hybridized carbons (Fsp3) is 0.429. The lowest BCUT2D eigenvalue weighted by atomic mass is 10.2. The van der Waals surface area contributed by atoms with E-state index in [1.54, 1.807) is 12.1 Å². The van der Waals surface area contributed by atoms with Crippen LogP contribution in [0.5, 0.6) is 0 Å². The number of hydrogen-bond donors (Lipinski definition) is 2. The molecule has 7 heteroatoms. The molecule has 1 fully saturated rings. The Labute approximate surface area is 165 Å². The molecule has 3 rings (SSSR count). The molecule has 1 aromatic carbocycles. The van der Waals surface area contributed by atoms with Crippen LogP contribution in [-0.2, 0) is 11.3 Å². The van der Waals surface area contributed by atoms with Gasteiger partial charge in [0.15, 0.2) is 5.76 Å². The Balaban J connectivity index is 1.23. The van der Waals surface area contributed by atoms with Gasteiger partial charge in [-0.3, -0.25) is 19.4 Å². The van der Waals surface area contributed by atoms with E-state index < -0.39 is 0 Å². The molecule has 1 aliphatic heterocycles. The van der Waals surface area contributed by atoms with Gasteiger partial charge in [-0.2, -0.15) is 0 Å². The third kappa shape index (κ3) is 6.51. The van der Waals surface area contributed by atoms with Gasteiger partial charge in [0.1, 0.15) is 0 Å². The first-order chi connectivity index (χ1) is 13.7. The molecule has 1 aliphatic rings. The molecule has 0 bridgehead atoms. The second kappa shape index (κ2) is 10.6. The summed E-state index contributed by atoms with van der Waals surface area (Å²) in [6.45, 7) is 6.89. The third-order valence-corrected chi connectivity index (χ3v) is 4.85. The van der Waals surface area contributed by atoms with E-state index in [0.717, 1.165) is 39.3 Å². The summed E-state index contributed by atoms with van der Waals surface area (Å²) in [5.41, 5.74) is 1.35. The lowest BCUT2D eigenvalue weighted by Crippen LogP contribution is -2.48. The highest BCUT2D eigenvalue weighted by Crippen LogP contribution is 2.08. The molecule has 2 amide bonds. The maximum atomic E-state index is 11.9. The zero-order valence-electron chi connectivity index (χ0n) is 16.1. The van der Waals surface area contributed by atoms with E-state index in [1.165, 1.54) is 11.8 Å². The Bertz CT molecular complexity index is 725. The van der Waals surface area contributed by atoms with Crippen molar-refractivity contribution in [1.29, 1.82) is 0 Å². The minimum absolute atomic E-state index is 0.0533. The maximum Gasteiger partial charge on any atom is 0.286 e. The molecule has 2 heterocycles. The lowest BCUT2D eigenvalue weighted by molar-refractivity contribution is -0.121. The van der Waals surface area contributed by atoms with Crippen LogP contribution in [0.1, 0.15) is 22.5 Å². The Morgan fingerprint density at radius 3 is 2.36 bits per heavy atom. The minimum atomic E-state index is -0.300. The van der Waals surface area contributed by atoms with Gasteiger partial charge in [-0.15, -0.1) is 0 Å². The molecule has 7 nitrogen and oxygen atoms in total. The van der Waals surface area contributed by atoms with Crippen LogP contribution in [0.2, 0.25) is 0 Å². The van der Waals surface area contributed by atoms with Crippen molar-refractivity contribution < 1.29 is 14.0 Å². The average Bonchev–Trinajstić information content (AvgIpc) is 3.25. The van der Waals surface area contributed by atoms with Gasteiger partial charge in [0.25, 0.3) is 5.91 Å². The average molecular weight is 384 g/mol. The van der Waals surface area contributed by atoms with Gasteiger partial charge >= 0.3 is 0 Å². The molecular formula is C21H28N4O3. The molecule has 0 spiro atoms. The van der Waals surface area contributed by atoms with Crippen molar-refractivity contribution in [3.63, 3.8) is 0 Å². The first kappa shape index (κ1) is 20.1. The van der Waals surface area contributed by atoms with Crippen LogP contribution in [0, 0.1) is 0 Å². The molecule has 0 atom stereocenters. The van der Waals surface area contributed by atoms with E-state index in [2.05, 4.69) is 44.7 Å². The normalized spacial score (nSPS) is 15.3. The third-order valence-electron chi connectivity index (χ3n) is 4.85. The van der Waals surface area contributed by atoms with Gasteiger partial charge in [-0.1, -0.05) is 30.3 Å². The highest BCUT2D eigenvalue weighted by molar-refractivity contribution is 5.91. The second-order valence-electron chi connectivity index (χ2n) is 6.94. The topological polar surface area (TPSA) is 77.8 Å². The van der Waals surface area contributed by atoms with Crippen LogP contribution < -0.4 is 10.6 Å². The van der Waals surface area contributed by atoms with Crippen molar-refractivity contribution in [2.75, 3.05) is 45.8 Å². The van der Waals surface area contributed by atoms with Gasteiger partial charge in [0.05, 0.1) is 6.26 Å². The summed E-state index contributed by atoms with van der Waals surface area (Å²) in [4.78, 5) is 28.4. The number of carbonyl (C=O) groups excluding carboxylic acids is 2. The summed E-state index contributed by atoms with van der Waals surface area (Å²) in [5, 5.41) is 5.59. The summed E-state index contributed by atoms with van der Waals surface area (Å²) in [5.74, 6) is -0.0968. The fourth-order valence-electron chi connectivity index (χ4n) is 3.24. The van der Waals surface area contributed by atoms with Crippen LogP contribution >= 0.6 is 0 Å². The van der Waals surface area contributed by atoms with Crippen molar-refractivity contribution in [3.05, 3.63) is 60.1 Å². The minimum Gasteiger partial charge on any atom is -0.459 e. The highest BCUT2D eigenvalue weighted by atomic mass is 16.3. The van der Waals surface area contributed by atoms with Crippen molar-refractivity contribution >= 4 is 11.8 Å². The SMILES string of the molecule is O=C(CCNC(=O)c1ccco1)NCCN1CCN(Cc2ccccc2)CC1. The van der Waals surface area contributed by atoms with Gasteiger partial charge < -0.3 is 15.1 Å². The van der Waals surface area contributed by atoms with E-state index in [4.69, 9.17) is 4.42 Å². The highest BCUT2D eigenvalue weighted by Gasteiger charge is 2.16. The first-order valence-corrected chi connectivity index (χ1v) is 9.78. The summed E-state index contributed by atoms with van der Waals surface area (Å²) >= 11 is 0. The number of amides is 2. The predicted molar refractivity (Wildman–Crippen MR) is 107 cm³/mol.